The average Bonchev–Trinajstić information content (AvgIpc) is 3.31. The maximum Gasteiger partial charge on any atom is 0.265 e. The number of carbonyl (C=O) groups is 3. The van der Waals surface area contributed by atoms with E-state index in [1.165, 1.54) is 6.20 Å². The van der Waals surface area contributed by atoms with Gasteiger partial charge < -0.3 is 20.0 Å². The maximum atomic E-state index is 13.6. The SMILES string of the molecule is CC[C@H](NC(=O)[CH]CC(F)(F)CCC(N)=O)C(=O)c1ncc(-c2cc(C)on2)o1. The average molecular weight is 411 g/mol. The molecule has 1 atom stereocenters. The highest BCUT2D eigenvalue weighted by molar-refractivity contribution is 5.99. The number of aromatic nitrogens is 2. The van der Waals surface area contributed by atoms with Gasteiger partial charge in [0.1, 0.15) is 5.76 Å². The lowest BCUT2D eigenvalue weighted by molar-refractivity contribution is -0.120. The van der Waals surface area contributed by atoms with E-state index >= 15 is 0 Å². The molecule has 0 aromatic carbocycles. The number of nitrogens with one attached hydrogen (secondary N) is 1. The summed E-state index contributed by atoms with van der Waals surface area (Å²) in [4.78, 5) is 38.9. The van der Waals surface area contributed by atoms with E-state index in [9.17, 15) is 23.2 Å². The van der Waals surface area contributed by atoms with Crippen molar-refractivity contribution in [2.45, 2.75) is 51.5 Å². The van der Waals surface area contributed by atoms with Crippen LogP contribution in [0.2, 0.25) is 0 Å². The van der Waals surface area contributed by atoms with Gasteiger partial charge in [0.15, 0.2) is 11.5 Å². The van der Waals surface area contributed by atoms with Crippen molar-refractivity contribution in [1.29, 1.82) is 0 Å². The van der Waals surface area contributed by atoms with Crippen molar-refractivity contribution in [2.75, 3.05) is 0 Å². The van der Waals surface area contributed by atoms with Crippen molar-refractivity contribution in [2.24, 2.45) is 5.73 Å². The number of alkyl halides is 2. The van der Waals surface area contributed by atoms with E-state index in [2.05, 4.69) is 15.5 Å². The Kier molecular flexibility index (Phi) is 7.18. The Morgan fingerprint density at radius 2 is 2.10 bits per heavy atom. The summed E-state index contributed by atoms with van der Waals surface area (Å²) in [5.74, 6) is -5.05. The van der Waals surface area contributed by atoms with Crippen LogP contribution in [0.3, 0.4) is 0 Å². The first kappa shape index (κ1) is 22.2. The molecule has 2 amide bonds. The molecular weight excluding hydrogens is 390 g/mol. The number of primary amides is 1. The van der Waals surface area contributed by atoms with Gasteiger partial charge in [-0.1, -0.05) is 12.1 Å². The van der Waals surface area contributed by atoms with Crippen LogP contribution in [0, 0.1) is 13.3 Å². The molecule has 2 heterocycles. The normalized spacial score (nSPS) is 12.6. The molecule has 0 bridgehead atoms. The zero-order chi connectivity index (χ0) is 21.6. The Hall–Kier alpha value is -3.11. The number of nitrogens with zero attached hydrogens (tertiary/aromatic N) is 2. The number of nitrogens with two attached hydrogens (primary N) is 1. The first-order chi connectivity index (χ1) is 13.6. The molecule has 2 rings (SSSR count). The molecule has 2 aromatic heterocycles. The Balaban J connectivity index is 1.93. The third-order valence-corrected chi connectivity index (χ3v) is 3.96. The molecule has 0 aliphatic carbocycles. The summed E-state index contributed by atoms with van der Waals surface area (Å²) in [6, 6.07) is 0.588. The lowest BCUT2D eigenvalue weighted by atomic mass is 10.1. The van der Waals surface area contributed by atoms with E-state index in [0.717, 1.165) is 6.42 Å². The molecule has 0 aliphatic heterocycles. The second kappa shape index (κ2) is 9.39. The largest absolute Gasteiger partial charge is 0.432 e. The van der Waals surface area contributed by atoms with Crippen LogP contribution in [0.15, 0.2) is 21.2 Å². The van der Waals surface area contributed by atoms with Gasteiger partial charge in [-0.15, -0.1) is 0 Å². The van der Waals surface area contributed by atoms with Gasteiger partial charge >= 0.3 is 0 Å². The Bertz CT molecular complexity index is 877. The number of hydrogen-bond donors (Lipinski definition) is 2. The minimum Gasteiger partial charge on any atom is -0.432 e. The number of halogens is 2. The van der Waals surface area contributed by atoms with Crippen molar-refractivity contribution in [3.8, 4) is 11.5 Å². The van der Waals surface area contributed by atoms with Crippen LogP contribution < -0.4 is 11.1 Å². The standard InChI is InChI=1S/C18H21F2N4O5/c1-3-11(23-15(26)5-7-18(19,20)6-4-14(21)25)16(27)17-22-9-13(28-17)12-8-10(2)29-24-12/h5,8-9,11H,3-4,6-7H2,1-2H3,(H2,21,25)(H,23,26)/t11-/m0/s1. The van der Waals surface area contributed by atoms with Gasteiger partial charge in [-0.3, -0.25) is 14.4 Å². The van der Waals surface area contributed by atoms with Crippen LogP contribution in [0.5, 0.6) is 0 Å². The fourth-order valence-electron chi connectivity index (χ4n) is 2.37. The monoisotopic (exact) mass is 411 g/mol. The fourth-order valence-corrected chi connectivity index (χ4v) is 2.37. The fraction of sp³-hybridized carbons (Fsp3) is 0.444. The number of rotatable bonds is 11. The van der Waals surface area contributed by atoms with Gasteiger partial charge in [-0.2, -0.15) is 0 Å². The molecule has 0 saturated carbocycles. The predicted octanol–water partition coefficient (Wildman–Crippen LogP) is 2.21. The molecule has 157 valence electrons. The molecule has 0 spiro atoms. The molecule has 1 radical (unpaired) electrons. The summed E-state index contributed by atoms with van der Waals surface area (Å²) < 4.78 is 37.6. The molecule has 0 unspecified atom stereocenters. The van der Waals surface area contributed by atoms with Crippen molar-refractivity contribution < 1.29 is 32.1 Å². The summed E-state index contributed by atoms with van der Waals surface area (Å²) in [7, 11) is 0. The summed E-state index contributed by atoms with van der Waals surface area (Å²) >= 11 is 0. The maximum absolute atomic E-state index is 13.6. The number of Topliss-reactive ketones (excluding diaryl/α,β-unsaturated/α-hetero) is 1. The van der Waals surface area contributed by atoms with Crippen LogP contribution in [-0.4, -0.2) is 39.7 Å². The highest BCUT2D eigenvalue weighted by Crippen LogP contribution is 2.25. The van der Waals surface area contributed by atoms with E-state index in [-0.39, 0.29) is 18.1 Å². The van der Waals surface area contributed by atoms with Crippen molar-refractivity contribution >= 4 is 17.6 Å². The van der Waals surface area contributed by atoms with E-state index in [1.807, 2.05) is 0 Å². The van der Waals surface area contributed by atoms with Gasteiger partial charge in [-0.05, 0) is 13.3 Å². The van der Waals surface area contributed by atoms with Crippen LogP contribution >= 0.6 is 0 Å². The van der Waals surface area contributed by atoms with E-state index in [4.69, 9.17) is 14.7 Å². The number of aryl methyl sites for hydroxylation is 1. The van der Waals surface area contributed by atoms with Crippen LogP contribution in [0.4, 0.5) is 8.78 Å². The third kappa shape index (κ3) is 6.47. The van der Waals surface area contributed by atoms with Crippen LogP contribution in [0.25, 0.3) is 11.5 Å². The Morgan fingerprint density at radius 1 is 1.38 bits per heavy atom. The summed E-state index contributed by atoms with van der Waals surface area (Å²) in [5.41, 5.74) is 5.20. The van der Waals surface area contributed by atoms with E-state index in [0.29, 0.717) is 11.5 Å². The predicted molar refractivity (Wildman–Crippen MR) is 95.6 cm³/mol. The molecule has 0 fully saturated rings. The zero-order valence-electron chi connectivity index (χ0n) is 15.9. The second-order valence-corrected chi connectivity index (χ2v) is 6.42. The lowest BCUT2D eigenvalue weighted by Crippen LogP contribution is -2.41. The Morgan fingerprint density at radius 3 is 2.69 bits per heavy atom. The van der Waals surface area contributed by atoms with Crippen molar-refractivity contribution in [3.05, 3.63) is 30.3 Å². The van der Waals surface area contributed by atoms with Gasteiger partial charge in [0.05, 0.1) is 18.7 Å². The summed E-state index contributed by atoms with van der Waals surface area (Å²) in [5, 5.41) is 6.10. The smallest absolute Gasteiger partial charge is 0.265 e. The summed E-state index contributed by atoms with van der Waals surface area (Å²) in [6.07, 6.45) is 0.0855. The topological polar surface area (TPSA) is 141 Å². The first-order valence-corrected chi connectivity index (χ1v) is 8.85. The van der Waals surface area contributed by atoms with Crippen LogP contribution in [-0.2, 0) is 9.59 Å². The minimum atomic E-state index is -3.26. The molecule has 29 heavy (non-hydrogen) atoms. The molecule has 2 aromatic rings. The summed E-state index contributed by atoms with van der Waals surface area (Å²) in [6.45, 7) is 3.32. The third-order valence-electron chi connectivity index (χ3n) is 3.96. The highest BCUT2D eigenvalue weighted by Gasteiger charge is 2.31. The van der Waals surface area contributed by atoms with Gasteiger partial charge in [-0.25, -0.2) is 13.8 Å². The van der Waals surface area contributed by atoms with Gasteiger partial charge in [0, 0.05) is 25.3 Å². The van der Waals surface area contributed by atoms with Crippen molar-refractivity contribution in [1.82, 2.24) is 15.5 Å². The van der Waals surface area contributed by atoms with Crippen molar-refractivity contribution in [3.63, 3.8) is 0 Å². The second-order valence-electron chi connectivity index (χ2n) is 6.42. The van der Waals surface area contributed by atoms with E-state index in [1.54, 1.807) is 19.9 Å². The number of carbonyl (C=O) groups excluding carboxylic acids is 3. The number of hydrogen-bond acceptors (Lipinski definition) is 7. The Labute approximate surface area is 165 Å². The molecule has 9 nitrogen and oxygen atoms in total. The number of amides is 2. The number of ketones is 1. The van der Waals surface area contributed by atoms with E-state index < -0.39 is 48.8 Å². The molecule has 11 heteroatoms. The van der Waals surface area contributed by atoms with Crippen LogP contribution in [0.1, 0.15) is 49.1 Å². The molecular formula is C18H21F2N4O5. The quantitative estimate of drug-likeness (QED) is 0.540. The molecule has 0 saturated heterocycles. The minimum absolute atomic E-state index is 0.192. The van der Waals surface area contributed by atoms with Gasteiger partial charge in [0.2, 0.25) is 23.5 Å². The lowest BCUT2D eigenvalue weighted by Gasteiger charge is -2.17. The molecule has 0 aliphatic rings. The zero-order valence-corrected chi connectivity index (χ0v) is 15.9. The highest BCUT2D eigenvalue weighted by atomic mass is 19.3. The molecule has 3 N–H and O–H groups in total. The number of oxazole rings is 1. The van der Waals surface area contributed by atoms with Gasteiger partial charge in [0.25, 0.3) is 5.89 Å². The first-order valence-electron chi connectivity index (χ1n) is 8.85.